The molecule has 5 nitrogen and oxygen atoms in total. The second kappa shape index (κ2) is 6.58. The summed E-state index contributed by atoms with van der Waals surface area (Å²) in [6, 6.07) is 7.52. The highest BCUT2D eigenvalue weighted by molar-refractivity contribution is 5.69. The number of hydrogen-bond donors (Lipinski definition) is 0. The van der Waals surface area contributed by atoms with Gasteiger partial charge in [-0.15, -0.1) is 0 Å². The number of carbonyl (C=O) groups excluding carboxylic acids is 1. The minimum atomic E-state index is 0.404. The number of hydrogen-bond acceptors (Lipinski definition) is 4. The molecule has 0 aliphatic carbocycles. The summed E-state index contributed by atoms with van der Waals surface area (Å²) in [6.07, 6.45) is 4.08. The molecule has 19 heavy (non-hydrogen) atoms. The first-order valence-electron chi connectivity index (χ1n) is 6.16. The van der Waals surface area contributed by atoms with Gasteiger partial charge in [-0.25, -0.2) is 4.98 Å². The maximum atomic E-state index is 10.7. The first kappa shape index (κ1) is 13.1. The molecule has 0 aliphatic heterocycles. The first-order chi connectivity index (χ1) is 9.35. The van der Waals surface area contributed by atoms with E-state index in [1.807, 2.05) is 31.2 Å². The minimum absolute atomic E-state index is 0.404. The number of carbonyl (C=O) groups is 1. The topological polar surface area (TPSA) is 53.4 Å². The van der Waals surface area contributed by atoms with Crippen LogP contribution in [0.3, 0.4) is 0 Å². The van der Waals surface area contributed by atoms with Crippen LogP contribution in [0.4, 0.5) is 0 Å². The standard InChI is InChI=1S/C14H16N2O3/c1-2-18-12-5-3-4-6-13(12)19-10-9-16-8-7-15-14(16)11-17/h3-8,11H,2,9-10H2,1H3. The van der Waals surface area contributed by atoms with Gasteiger partial charge in [-0.1, -0.05) is 12.1 Å². The third-order valence-corrected chi connectivity index (χ3v) is 2.59. The predicted molar refractivity (Wildman–Crippen MR) is 70.7 cm³/mol. The van der Waals surface area contributed by atoms with Crippen molar-refractivity contribution >= 4 is 6.29 Å². The fourth-order valence-corrected chi connectivity index (χ4v) is 1.73. The van der Waals surface area contributed by atoms with E-state index in [9.17, 15) is 4.79 Å². The number of aromatic nitrogens is 2. The van der Waals surface area contributed by atoms with E-state index < -0.39 is 0 Å². The third kappa shape index (κ3) is 3.34. The van der Waals surface area contributed by atoms with Crippen molar-refractivity contribution in [3.05, 3.63) is 42.5 Å². The van der Waals surface area contributed by atoms with Crippen molar-refractivity contribution in [1.82, 2.24) is 9.55 Å². The van der Waals surface area contributed by atoms with Crippen LogP contribution in [-0.4, -0.2) is 29.1 Å². The first-order valence-corrected chi connectivity index (χ1v) is 6.16. The minimum Gasteiger partial charge on any atom is -0.490 e. The zero-order chi connectivity index (χ0) is 13.5. The summed E-state index contributed by atoms with van der Waals surface area (Å²) in [6.45, 7) is 3.53. The van der Waals surface area contributed by atoms with Crippen LogP contribution in [0.25, 0.3) is 0 Å². The molecule has 0 atom stereocenters. The molecule has 2 aromatic rings. The Morgan fingerprint density at radius 2 is 2.00 bits per heavy atom. The van der Waals surface area contributed by atoms with Gasteiger partial charge in [-0.3, -0.25) is 4.79 Å². The smallest absolute Gasteiger partial charge is 0.185 e. The van der Waals surface area contributed by atoms with Gasteiger partial charge in [0.2, 0.25) is 0 Å². The van der Waals surface area contributed by atoms with Crippen molar-refractivity contribution in [2.45, 2.75) is 13.5 Å². The van der Waals surface area contributed by atoms with Crippen LogP contribution in [-0.2, 0) is 6.54 Å². The summed E-state index contributed by atoms with van der Waals surface area (Å²) in [5.74, 6) is 1.84. The summed E-state index contributed by atoms with van der Waals surface area (Å²) in [5, 5.41) is 0. The van der Waals surface area contributed by atoms with Gasteiger partial charge >= 0.3 is 0 Å². The summed E-state index contributed by atoms with van der Waals surface area (Å²) >= 11 is 0. The Morgan fingerprint density at radius 3 is 2.68 bits per heavy atom. The monoisotopic (exact) mass is 260 g/mol. The van der Waals surface area contributed by atoms with Crippen molar-refractivity contribution in [3.63, 3.8) is 0 Å². The molecule has 2 rings (SSSR count). The van der Waals surface area contributed by atoms with E-state index in [2.05, 4.69) is 4.98 Å². The zero-order valence-electron chi connectivity index (χ0n) is 10.8. The molecule has 0 saturated heterocycles. The second-order valence-electron chi connectivity index (χ2n) is 3.82. The Bertz CT molecular complexity index is 537. The number of ether oxygens (including phenoxy) is 2. The lowest BCUT2D eigenvalue weighted by atomic mass is 10.3. The summed E-state index contributed by atoms with van der Waals surface area (Å²) < 4.78 is 12.9. The van der Waals surface area contributed by atoms with Gasteiger partial charge in [0.15, 0.2) is 23.6 Å². The molecule has 0 amide bonds. The molecule has 0 radical (unpaired) electrons. The highest BCUT2D eigenvalue weighted by Crippen LogP contribution is 2.26. The van der Waals surface area contributed by atoms with Crippen LogP contribution >= 0.6 is 0 Å². The predicted octanol–water partition coefficient (Wildman–Crippen LogP) is 2.17. The van der Waals surface area contributed by atoms with Gasteiger partial charge in [-0.05, 0) is 19.1 Å². The van der Waals surface area contributed by atoms with E-state index in [-0.39, 0.29) is 0 Å². The number of aldehydes is 1. The molecule has 1 aromatic carbocycles. The molecule has 0 bridgehead atoms. The summed E-state index contributed by atoms with van der Waals surface area (Å²) in [5.41, 5.74) is 0. The van der Waals surface area contributed by atoms with E-state index in [0.717, 1.165) is 12.0 Å². The Hall–Kier alpha value is -2.30. The lowest BCUT2D eigenvalue weighted by molar-refractivity contribution is 0.111. The quantitative estimate of drug-likeness (QED) is 0.716. The normalized spacial score (nSPS) is 10.2. The summed E-state index contributed by atoms with van der Waals surface area (Å²) in [7, 11) is 0. The Kier molecular flexibility index (Phi) is 4.55. The lowest BCUT2D eigenvalue weighted by Gasteiger charge is -2.12. The van der Waals surface area contributed by atoms with Crippen LogP contribution in [0.2, 0.25) is 0 Å². The third-order valence-electron chi connectivity index (χ3n) is 2.59. The molecule has 0 saturated carbocycles. The molecule has 5 heteroatoms. The van der Waals surface area contributed by atoms with E-state index >= 15 is 0 Å². The van der Waals surface area contributed by atoms with Gasteiger partial charge in [0.05, 0.1) is 13.2 Å². The molecule has 0 unspecified atom stereocenters. The highest BCUT2D eigenvalue weighted by Gasteiger charge is 2.04. The van der Waals surface area contributed by atoms with Gasteiger partial charge in [0, 0.05) is 12.4 Å². The molecular formula is C14H16N2O3. The van der Waals surface area contributed by atoms with Crippen molar-refractivity contribution < 1.29 is 14.3 Å². The molecule has 0 spiro atoms. The Balaban J connectivity index is 1.94. The SMILES string of the molecule is CCOc1ccccc1OCCn1ccnc1C=O. The van der Waals surface area contributed by atoms with Gasteiger partial charge in [-0.2, -0.15) is 0 Å². The maximum absolute atomic E-state index is 10.7. The van der Waals surface area contributed by atoms with Crippen LogP contribution < -0.4 is 9.47 Å². The molecule has 0 N–H and O–H groups in total. The highest BCUT2D eigenvalue weighted by atomic mass is 16.5. The number of nitrogens with zero attached hydrogens (tertiary/aromatic N) is 2. The Morgan fingerprint density at radius 1 is 1.26 bits per heavy atom. The van der Waals surface area contributed by atoms with Crippen LogP contribution in [0.15, 0.2) is 36.7 Å². The zero-order valence-corrected chi connectivity index (χ0v) is 10.8. The molecule has 1 aromatic heterocycles. The number of imidazole rings is 1. The van der Waals surface area contributed by atoms with Crippen LogP contribution in [0.1, 0.15) is 17.5 Å². The average Bonchev–Trinajstić information content (AvgIpc) is 2.88. The second-order valence-corrected chi connectivity index (χ2v) is 3.82. The maximum Gasteiger partial charge on any atom is 0.185 e. The molecule has 100 valence electrons. The van der Waals surface area contributed by atoms with Crippen LogP contribution in [0.5, 0.6) is 11.5 Å². The molecular weight excluding hydrogens is 244 g/mol. The number of rotatable bonds is 7. The average molecular weight is 260 g/mol. The largest absolute Gasteiger partial charge is 0.490 e. The van der Waals surface area contributed by atoms with Gasteiger partial charge < -0.3 is 14.0 Å². The van der Waals surface area contributed by atoms with E-state index in [4.69, 9.17) is 9.47 Å². The van der Waals surface area contributed by atoms with Crippen molar-refractivity contribution in [3.8, 4) is 11.5 Å². The van der Waals surface area contributed by atoms with Crippen molar-refractivity contribution in [2.75, 3.05) is 13.2 Å². The van der Waals surface area contributed by atoms with Gasteiger partial charge in [0.1, 0.15) is 6.61 Å². The van der Waals surface area contributed by atoms with E-state index in [0.29, 0.717) is 31.3 Å². The molecule has 0 fully saturated rings. The van der Waals surface area contributed by atoms with E-state index in [1.165, 1.54) is 0 Å². The van der Waals surface area contributed by atoms with Crippen molar-refractivity contribution in [1.29, 1.82) is 0 Å². The van der Waals surface area contributed by atoms with Crippen molar-refractivity contribution in [2.24, 2.45) is 0 Å². The van der Waals surface area contributed by atoms with Crippen LogP contribution in [0, 0.1) is 0 Å². The number of para-hydroxylation sites is 2. The lowest BCUT2D eigenvalue weighted by Crippen LogP contribution is -2.10. The molecule has 0 aliphatic rings. The fourth-order valence-electron chi connectivity index (χ4n) is 1.73. The summed E-state index contributed by atoms with van der Waals surface area (Å²) in [4.78, 5) is 14.6. The fraction of sp³-hybridized carbons (Fsp3) is 0.286. The Labute approximate surface area is 111 Å². The number of benzene rings is 1. The van der Waals surface area contributed by atoms with Gasteiger partial charge in [0.25, 0.3) is 0 Å². The van der Waals surface area contributed by atoms with E-state index in [1.54, 1.807) is 17.0 Å². The molecule has 1 heterocycles.